The van der Waals surface area contributed by atoms with E-state index < -0.39 is 0 Å². The SMILES string of the molecule is CCCCCCCC(C)(CN)N(C)CCc1cccs1. The standard InChI is InChI=1S/C17H32N2S/c1-4-5-6-7-8-12-17(2,15-18)19(3)13-11-16-10-9-14-20-16/h9-10,14H,4-8,11-13,15,18H2,1-3H3. The fourth-order valence-corrected chi connectivity index (χ4v) is 3.26. The Morgan fingerprint density at radius 2 is 2.00 bits per heavy atom. The molecule has 0 aliphatic carbocycles. The lowest BCUT2D eigenvalue weighted by atomic mass is 9.92. The average Bonchev–Trinajstić information content (AvgIpc) is 2.97. The van der Waals surface area contributed by atoms with Gasteiger partial charge in [-0.05, 0) is 38.3 Å². The summed E-state index contributed by atoms with van der Waals surface area (Å²) in [5.74, 6) is 0. The molecule has 1 unspecified atom stereocenters. The quantitative estimate of drug-likeness (QED) is 0.617. The first-order chi connectivity index (χ1) is 9.62. The highest BCUT2D eigenvalue weighted by Crippen LogP contribution is 2.22. The van der Waals surface area contributed by atoms with Crippen molar-refractivity contribution in [3.8, 4) is 0 Å². The van der Waals surface area contributed by atoms with Crippen LogP contribution in [0.2, 0.25) is 0 Å². The van der Waals surface area contributed by atoms with Gasteiger partial charge < -0.3 is 5.73 Å². The maximum Gasteiger partial charge on any atom is 0.0300 e. The lowest BCUT2D eigenvalue weighted by molar-refractivity contribution is 0.132. The summed E-state index contributed by atoms with van der Waals surface area (Å²) in [5, 5.41) is 2.16. The first-order valence-electron chi connectivity index (χ1n) is 8.06. The fourth-order valence-electron chi connectivity index (χ4n) is 2.56. The van der Waals surface area contributed by atoms with Crippen molar-refractivity contribution in [2.24, 2.45) is 5.73 Å². The number of unbranched alkanes of at least 4 members (excludes halogenated alkanes) is 4. The van der Waals surface area contributed by atoms with E-state index >= 15 is 0 Å². The molecule has 0 aromatic carbocycles. The lowest BCUT2D eigenvalue weighted by Crippen LogP contribution is -2.50. The second-order valence-electron chi connectivity index (χ2n) is 6.12. The molecular formula is C17H32N2S. The summed E-state index contributed by atoms with van der Waals surface area (Å²) in [4.78, 5) is 3.94. The fraction of sp³-hybridized carbons (Fsp3) is 0.765. The highest BCUT2D eigenvalue weighted by molar-refractivity contribution is 7.09. The number of nitrogens with zero attached hydrogens (tertiary/aromatic N) is 1. The smallest absolute Gasteiger partial charge is 0.0300 e. The molecule has 1 aromatic heterocycles. The van der Waals surface area contributed by atoms with E-state index in [9.17, 15) is 0 Å². The second kappa shape index (κ2) is 9.54. The molecule has 0 aliphatic heterocycles. The van der Waals surface area contributed by atoms with Crippen molar-refractivity contribution in [1.82, 2.24) is 4.90 Å². The van der Waals surface area contributed by atoms with Crippen molar-refractivity contribution in [2.75, 3.05) is 20.1 Å². The molecule has 0 spiro atoms. The third kappa shape index (κ3) is 5.94. The van der Waals surface area contributed by atoms with Gasteiger partial charge >= 0.3 is 0 Å². The number of hydrogen-bond donors (Lipinski definition) is 1. The Balaban J connectivity index is 2.33. The van der Waals surface area contributed by atoms with E-state index in [4.69, 9.17) is 5.73 Å². The van der Waals surface area contributed by atoms with Crippen LogP contribution in [0.15, 0.2) is 17.5 Å². The van der Waals surface area contributed by atoms with E-state index in [-0.39, 0.29) is 5.54 Å². The molecule has 2 nitrogen and oxygen atoms in total. The first-order valence-corrected chi connectivity index (χ1v) is 8.94. The van der Waals surface area contributed by atoms with Crippen molar-refractivity contribution in [3.05, 3.63) is 22.4 Å². The van der Waals surface area contributed by atoms with Gasteiger partial charge in [0.25, 0.3) is 0 Å². The molecule has 1 aromatic rings. The maximum absolute atomic E-state index is 6.06. The monoisotopic (exact) mass is 296 g/mol. The highest BCUT2D eigenvalue weighted by atomic mass is 32.1. The summed E-state index contributed by atoms with van der Waals surface area (Å²) in [5.41, 5.74) is 6.21. The van der Waals surface area contributed by atoms with Crippen LogP contribution in [0.4, 0.5) is 0 Å². The Hall–Kier alpha value is -0.380. The largest absolute Gasteiger partial charge is 0.329 e. The van der Waals surface area contributed by atoms with E-state index in [1.54, 1.807) is 0 Å². The number of nitrogens with two attached hydrogens (primary N) is 1. The molecular weight excluding hydrogens is 264 g/mol. The molecule has 1 rings (SSSR count). The Bertz CT molecular complexity index is 337. The summed E-state index contributed by atoms with van der Waals surface area (Å²) in [6.45, 7) is 6.44. The molecule has 0 saturated carbocycles. The first kappa shape index (κ1) is 17.7. The van der Waals surface area contributed by atoms with E-state index in [0.717, 1.165) is 19.5 Å². The van der Waals surface area contributed by atoms with Gasteiger partial charge in [0, 0.05) is 23.5 Å². The van der Waals surface area contributed by atoms with Crippen LogP contribution in [0, 0.1) is 0 Å². The van der Waals surface area contributed by atoms with Crippen LogP contribution < -0.4 is 5.73 Å². The molecule has 1 atom stereocenters. The Morgan fingerprint density at radius 1 is 1.25 bits per heavy atom. The lowest BCUT2D eigenvalue weighted by Gasteiger charge is -2.38. The van der Waals surface area contributed by atoms with Crippen LogP contribution in [-0.4, -0.2) is 30.6 Å². The molecule has 0 bridgehead atoms. The predicted octanol–water partition coefficient (Wildman–Crippen LogP) is 4.30. The zero-order valence-corrected chi connectivity index (χ0v) is 14.3. The van der Waals surface area contributed by atoms with Crippen molar-refractivity contribution in [2.45, 2.75) is 64.3 Å². The van der Waals surface area contributed by atoms with E-state index in [0.29, 0.717) is 0 Å². The molecule has 0 saturated heterocycles. The molecule has 116 valence electrons. The number of rotatable bonds is 11. The predicted molar refractivity (Wildman–Crippen MR) is 91.5 cm³/mol. The molecule has 2 N–H and O–H groups in total. The Kier molecular flexibility index (Phi) is 8.43. The zero-order valence-electron chi connectivity index (χ0n) is 13.5. The minimum atomic E-state index is 0.156. The normalized spacial score (nSPS) is 14.7. The van der Waals surface area contributed by atoms with Crippen molar-refractivity contribution in [1.29, 1.82) is 0 Å². The minimum absolute atomic E-state index is 0.156. The number of likely N-dealkylation sites (N-methyl/N-ethyl adjacent to an activating group) is 1. The van der Waals surface area contributed by atoms with E-state index in [2.05, 4.69) is 43.3 Å². The molecule has 20 heavy (non-hydrogen) atoms. The van der Waals surface area contributed by atoms with Gasteiger partial charge in [-0.25, -0.2) is 0 Å². The van der Waals surface area contributed by atoms with Gasteiger partial charge in [-0.2, -0.15) is 0 Å². The summed E-state index contributed by atoms with van der Waals surface area (Å²) in [7, 11) is 2.23. The van der Waals surface area contributed by atoms with Gasteiger partial charge in [-0.3, -0.25) is 4.90 Å². The van der Waals surface area contributed by atoms with Crippen LogP contribution in [0.1, 0.15) is 57.2 Å². The Morgan fingerprint density at radius 3 is 2.60 bits per heavy atom. The molecule has 0 aliphatic rings. The van der Waals surface area contributed by atoms with Gasteiger partial charge in [0.15, 0.2) is 0 Å². The summed E-state index contributed by atoms with van der Waals surface area (Å²) in [6, 6.07) is 4.36. The zero-order chi connectivity index (χ0) is 14.8. The molecule has 0 fully saturated rings. The number of hydrogen-bond acceptors (Lipinski definition) is 3. The molecule has 3 heteroatoms. The van der Waals surface area contributed by atoms with Crippen molar-refractivity contribution in [3.63, 3.8) is 0 Å². The van der Waals surface area contributed by atoms with Gasteiger partial charge in [0.05, 0.1) is 0 Å². The molecule has 1 heterocycles. The Labute approximate surface area is 129 Å². The maximum atomic E-state index is 6.06. The van der Waals surface area contributed by atoms with E-state index in [1.807, 2.05) is 11.3 Å². The summed E-state index contributed by atoms with van der Waals surface area (Å²) in [6.07, 6.45) is 9.06. The van der Waals surface area contributed by atoms with Crippen molar-refractivity contribution < 1.29 is 0 Å². The molecule has 0 radical (unpaired) electrons. The van der Waals surface area contributed by atoms with Crippen LogP contribution in [0.25, 0.3) is 0 Å². The summed E-state index contributed by atoms with van der Waals surface area (Å²) >= 11 is 1.85. The minimum Gasteiger partial charge on any atom is -0.329 e. The van der Waals surface area contributed by atoms with Gasteiger partial charge in [0.2, 0.25) is 0 Å². The van der Waals surface area contributed by atoms with Crippen LogP contribution in [0.5, 0.6) is 0 Å². The second-order valence-corrected chi connectivity index (χ2v) is 7.15. The van der Waals surface area contributed by atoms with Crippen LogP contribution >= 0.6 is 11.3 Å². The van der Waals surface area contributed by atoms with Crippen LogP contribution in [0.3, 0.4) is 0 Å². The van der Waals surface area contributed by atoms with Crippen LogP contribution in [-0.2, 0) is 6.42 Å². The number of thiophene rings is 1. The highest BCUT2D eigenvalue weighted by Gasteiger charge is 2.26. The third-order valence-corrected chi connectivity index (χ3v) is 5.39. The van der Waals surface area contributed by atoms with Gasteiger partial charge in [0.1, 0.15) is 0 Å². The van der Waals surface area contributed by atoms with E-state index in [1.165, 1.54) is 43.4 Å². The third-order valence-electron chi connectivity index (χ3n) is 4.45. The topological polar surface area (TPSA) is 29.3 Å². The van der Waals surface area contributed by atoms with Gasteiger partial charge in [-0.15, -0.1) is 11.3 Å². The van der Waals surface area contributed by atoms with Crippen molar-refractivity contribution >= 4 is 11.3 Å². The van der Waals surface area contributed by atoms with Gasteiger partial charge in [-0.1, -0.05) is 45.1 Å². The summed E-state index contributed by atoms with van der Waals surface area (Å²) < 4.78 is 0. The molecule has 0 amide bonds. The average molecular weight is 297 g/mol.